The number of unbranched alkanes of at least 4 members (excludes halogenated alkanes) is 9. The van der Waals surface area contributed by atoms with E-state index in [1.807, 2.05) is 0 Å². The van der Waals surface area contributed by atoms with Gasteiger partial charge in [-0.05, 0) is 6.42 Å². The van der Waals surface area contributed by atoms with Crippen molar-refractivity contribution in [2.24, 2.45) is 0 Å². The van der Waals surface area contributed by atoms with Crippen molar-refractivity contribution >= 4 is 0 Å². The lowest BCUT2D eigenvalue weighted by Crippen LogP contribution is -2.64. The van der Waals surface area contributed by atoms with Crippen LogP contribution in [-0.4, -0.2) is 117 Å². The number of aliphatic hydroxyl groups is 7. The number of hydrogen-bond acceptors (Lipinski definition) is 11. The van der Waals surface area contributed by atoms with Crippen molar-refractivity contribution in [2.45, 2.75) is 133 Å². The van der Waals surface area contributed by atoms with Gasteiger partial charge < -0.3 is 54.7 Å². The second-order valence-corrected chi connectivity index (χ2v) is 9.56. The van der Waals surface area contributed by atoms with Crippen molar-refractivity contribution in [3.8, 4) is 0 Å². The molecule has 0 aromatic rings. The van der Waals surface area contributed by atoms with Crippen LogP contribution in [0.4, 0.5) is 0 Å². The zero-order valence-electron chi connectivity index (χ0n) is 20.7. The molecule has 2 aliphatic rings. The monoisotopic (exact) mass is 510 g/mol. The molecular formula is C24H46O11. The van der Waals surface area contributed by atoms with Crippen molar-refractivity contribution in [3.05, 3.63) is 0 Å². The molecule has 2 heterocycles. The molecule has 0 bridgehead atoms. The summed E-state index contributed by atoms with van der Waals surface area (Å²) in [5.41, 5.74) is 0. The maximum absolute atomic E-state index is 10.6. The van der Waals surface area contributed by atoms with Gasteiger partial charge in [-0.15, -0.1) is 0 Å². The van der Waals surface area contributed by atoms with Crippen molar-refractivity contribution in [3.63, 3.8) is 0 Å². The Hall–Kier alpha value is -0.440. The van der Waals surface area contributed by atoms with Crippen LogP contribution in [0.3, 0.4) is 0 Å². The van der Waals surface area contributed by atoms with Gasteiger partial charge in [-0.1, -0.05) is 64.7 Å². The van der Waals surface area contributed by atoms with E-state index in [0.717, 1.165) is 25.7 Å². The average Bonchev–Trinajstić information content (AvgIpc) is 2.86. The zero-order chi connectivity index (χ0) is 25.8. The Morgan fingerprint density at radius 1 is 0.571 bits per heavy atom. The Kier molecular flexibility index (Phi) is 14.4. The van der Waals surface area contributed by atoms with Crippen LogP contribution in [0, 0.1) is 0 Å². The summed E-state index contributed by atoms with van der Waals surface area (Å²) in [4.78, 5) is 0. The third kappa shape index (κ3) is 9.11. The van der Waals surface area contributed by atoms with Gasteiger partial charge in [0.2, 0.25) is 0 Å². The minimum atomic E-state index is -1.68. The van der Waals surface area contributed by atoms with E-state index in [1.54, 1.807) is 0 Å². The molecule has 2 aliphatic heterocycles. The van der Waals surface area contributed by atoms with Crippen LogP contribution in [-0.2, 0) is 18.9 Å². The van der Waals surface area contributed by atoms with Gasteiger partial charge in [0.15, 0.2) is 12.6 Å². The molecule has 2 rings (SSSR count). The molecule has 2 fully saturated rings. The van der Waals surface area contributed by atoms with Crippen molar-refractivity contribution < 1.29 is 54.7 Å². The molecule has 2 saturated heterocycles. The molecule has 11 heteroatoms. The van der Waals surface area contributed by atoms with E-state index in [2.05, 4.69) is 6.92 Å². The molecular weight excluding hydrogens is 464 g/mol. The number of ether oxygens (including phenoxy) is 4. The Balaban J connectivity index is 1.84. The van der Waals surface area contributed by atoms with Gasteiger partial charge in [-0.3, -0.25) is 0 Å². The first-order valence-electron chi connectivity index (χ1n) is 13.1. The summed E-state index contributed by atoms with van der Waals surface area (Å²) in [5, 5.41) is 69.9. The lowest BCUT2D eigenvalue weighted by molar-refractivity contribution is -0.367. The first kappa shape index (κ1) is 30.8. The number of rotatable bonds is 16. The third-order valence-electron chi connectivity index (χ3n) is 6.74. The summed E-state index contributed by atoms with van der Waals surface area (Å²) in [6, 6.07) is 0. The molecule has 0 aromatic heterocycles. The molecule has 10 unspecified atom stereocenters. The first-order valence-corrected chi connectivity index (χ1v) is 13.1. The van der Waals surface area contributed by atoms with Gasteiger partial charge in [0.1, 0.15) is 48.8 Å². The fourth-order valence-corrected chi connectivity index (χ4v) is 4.46. The van der Waals surface area contributed by atoms with Gasteiger partial charge in [0.05, 0.1) is 13.2 Å². The minimum absolute atomic E-state index is 0.288. The average molecular weight is 511 g/mol. The fraction of sp³-hybridized carbons (Fsp3) is 1.00. The largest absolute Gasteiger partial charge is 0.394 e. The second kappa shape index (κ2) is 16.4. The van der Waals surface area contributed by atoms with Gasteiger partial charge in [-0.25, -0.2) is 0 Å². The highest BCUT2D eigenvalue weighted by molar-refractivity contribution is 4.93. The van der Waals surface area contributed by atoms with E-state index >= 15 is 0 Å². The molecule has 208 valence electrons. The van der Waals surface area contributed by atoms with Gasteiger partial charge >= 0.3 is 0 Å². The Morgan fingerprint density at radius 2 is 1.06 bits per heavy atom. The van der Waals surface area contributed by atoms with E-state index in [-0.39, 0.29) is 6.61 Å². The van der Waals surface area contributed by atoms with E-state index in [0.29, 0.717) is 0 Å². The first-order chi connectivity index (χ1) is 16.8. The highest BCUT2D eigenvalue weighted by Crippen LogP contribution is 2.29. The summed E-state index contributed by atoms with van der Waals surface area (Å²) in [7, 11) is 0. The molecule has 0 amide bonds. The maximum Gasteiger partial charge on any atom is 0.187 e. The van der Waals surface area contributed by atoms with E-state index in [4.69, 9.17) is 18.9 Å². The highest BCUT2D eigenvalue weighted by Gasteiger charge is 2.50. The smallest absolute Gasteiger partial charge is 0.187 e. The standard InChI is InChI=1S/C24H46O11/c1-2-3-4-5-6-7-8-9-10-11-12-32-24-22(20(30)18(28)16(14-26)34-24)35-23-21(31)19(29)17(27)15(13-25)33-23/h15-31H,2-14H2,1H3. The SMILES string of the molecule is CCCCCCCCCCCCOC1OC(CO)C(O)C(O)C1OC1OC(CO)C(O)C(O)C1O. The predicted octanol–water partition coefficient (Wildman–Crippen LogP) is -0.452. The summed E-state index contributed by atoms with van der Waals surface area (Å²) < 4.78 is 22.3. The Morgan fingerprint density at radius 3 is 1.60 bits per heavy atom. The normalized spacial score (nSPS) is 38.1. The van der Waals surface area contributed by atoms with E-state index < -0.39 is 74.6 Å². The molecule has 0 spiro atoms. The van der Waals surface area contributed by atoms with Crippen LogP contribution in [0.2, 0.25) is 0 Å². The molecule has 35 heavy (non-hydrogen) atoms. The maximum atomic E-state index is 10.6. The quantitative estimate of drug-likeness (QED) is 0.134. The third-order valence-corrected chi connectivity index (χ3v) is 6.74. The van der Waals surface area contributed by atoms with E-state index in [9.17, 15) is 35.7 Å². The fourth-order valence-electron chi connectivity index (χ4n) is 4.46. The molecule has 7 N–H and O–H groups in total. The topological polar surface area (TPSA) is 179 Å². The minimum Gasteiger partial charge on any atom is -0.394 e. The van der Waals surface area contributed by atoms with Crippen molar-refractivity contribution in [1.29, 1.82) is 0 Å². The van der Waals surface area contributed by atoms with E-state index in [1.165, 1.54) is 38.5 Å². The summed E-state index contributed by atoms with van der Waals surface area (Å²) >= 11 is 0. The predicted molar refractivity (Wildman–Crippen MR) is 124 cm³/mol. The van der Waals surface area contributed by atoms with Gasteiger partial charge in [0.25, 0.3) is 0 Å². The van der Waals surface area contributed by atoms with Crippen LogP contribution >= 0.6 is 0 Å². The lowest BCUT2D eigenvalue weighted by atomic mass is 9.97. The molecule has 0 aromatic carbocycles. The van der Waals surface area contributed by atoms with Gasteiger partial charge in [-0.2, -0.15) is 0 Å². The Bertz CT molecular complexity index is 552. The van der Waals surface area contributed by atoms with Crippen LogP contribution in [0.15, 0.2) is 0 Å². The van der Waals surface area contributed by atoms with Crippen molar-refractivity contribution in [2.75, 3.05) is 19.8 Å². The number of hydrogen-bond donors (Lipinski definition) is 7. The summed E-state index contributed by atoms with van der Waals surface area (Å²) in [5.74, 6) is 0. The lowest BCUT2D eigenvalue weighted by Gasteiger charge is -2.45. The second-order valence-electron chi connectivity index (χ2n) is 9.56. The summed E-state index contributed by atoms with van der Waals surface area (Å²) in [6.45, 7) is 1.30. The van der Waals surface area contributed by atoms with Crippen LogP contribution in [0.1, 0.15) is 71.1 Å². The molecule has 0 radical (unpaired) electrons. The Labute approximate surface area is 207 Å². The van der Waals surface area contributed by atoms with Crippen LogP contribution < -0.4 is 0 Å². The zero-order valence-corrected chi connectivity index (χ0v) is 20.7. The molecule has 0 saturated carbocycles. The summed E-state index contributed by atoms with van der Waals surface area (Å²) in [6.07, 6.45) is -2.75. The van der Waals surface area contributed by atoms with Crippen LogP contribution in [0.5, 0.6) is 0 Å². The molecule has 0 aliphatic carbocycles. The van der Waals surface area contributed by atoms with Gasteiger partial charge in [0, 0.05) is 6.61 Å². The highest BCUT2D eigenvalue weighted by atomic mass is 16.8. The molecule has 10 atom stereocenters. The number of aliphatic hydroxyl groups excluding tert-OH is 7. The van der Waals surface area contributed by atoms with Crippen LogP contribution in [0.25, 0.3) is 0 Å². The molecule has 11 nitrogen and oxygen atoms in total. The van der Waals surface area contributed by atoms with Crippen molar-refractivity contribution in [1.82, 2.24) is 0 Å².